The van der Waals surface area contributed by atoms with Gasteiger partial charge in [-0.3, -0.25) is 18.8 Å². The lowest BCUT2D eigenvalue weighted by Crippen LogP contribution is -2.28. The van der Waals surface area contributed by atoms with Crippen LogP contribution in [0.15, 0.2) is 52.8 Å². The quantitative estimate of drug-likeness (QED) is 0.637. The first-order chi connectivity index (χ1) is 12.6. The summed E-state index contributed by atoms with van der Waals surface area (Å²) in [5, 5.41) is 4.44. The number of hydrogen-bond acceptors (Lipinski definition) is 6. The minimum absolute atomic E-state index is 0.0563. The molecule has 2 heterocycles. The first-order valence-corrected chi connectivity index (χ1v) is 8.92. The molecule has 0 bridgehead atoms. The van der Waals surface area contributed by atoms with Gasteiger partial charge in [0, 0.05) is 24.2 Å². The highest BCUT2D eigenvalue weighted by Crippen LogP contribution is 2.07. The molecule has 0 fully saturated rings. The lowest BCUT2D eigenvalue weighted by atomic mass is 10.1. The Bertz CT molecular complexity index is 965. The first kappa shape index (κ1) is 17.8. The fourth-order valence-electron chi connectivity index (χ4n) is 2.34. The molecule has 1 N–H and O–H groups in total. The molecule has 3 aromatic rings. The Morgan fingerprint density at radius 2 is 2.04 bits per heavy atom. The standard InChI is InChI=1S/C18H17N3O4S/c22-15(10-13-4-2-1-3-5-13)19-7-6-17(24)25-12-14-11-16(23)21-8-9-26-18(21)20-14/h1-5,8-9,11H,6-7,10,12H2,(H,19,22). The molecule has 134 valence electrons. The number of rotatable bonds is 7. The predicted octanol–water partition coefficient (Wildman–Crippen LogP) is 1.55. The van der Waals surface area contributed by atoms with Crippen LogP contribution in [0.2, 0.25) is 0 Å². The maximum absolute atomic E-state index is 11.8. The van der Waals surface area contributed by atoms with Gasteiger partial charge in [0.25, 0.3) is 5.56 Å². The van der Waals surface area contributed by atoms with E-state index in [-0.39, 0.29) is 37.5 Å². The molecule has 3 rings (SSSR count). The summed E-state index contributed by atoms with van der Waals surface area (Å²) in [6.07, 6.45) is 1.97. The number of nitrogens with one attached hydrogen (secondary N) is 1. The average Bonchev–Trinajstić information content (AvgIpc) is 3.10. The maximum atomic E-state index is 11.8. The monoisotopic (exact) mass is 371 g/mol. The lowest BCUT2D eigenvalue weighted by Gasteiger charge is -2.06. The molecule has 1 aromatic carbocycles. The molecule has 1 amide bonds. The molecular formula is C18H17N3O4S. The second kappa shape index (κ2) is 8.39. The zero-order chi connectivity index (χ0) is 18.4. The van der Waals surface area contributed by atoms with Gasteiger partial charge in [0.1, 0.15) is 6.61 Å². The molecule has 0 saturated carbocycles. The maximum Gasteiger partial charge on any atom is 0.307 e. The summed E-state index contributed by atoms with van der Waals surface area (Å²) in [6.45, 7) is 0.130. The van der Waals surface area contributed by atoms with E-state index in [0.717, 1.165) is 5.56 Å². The molecule has 0 aliphatic rings. The molecule has 0 spiro atoms. The Balaban J connectivity index is 1.41. The van der Waals surface area contributed by atoms with Crippen LogP contribution in [0.5, 0.6) is 0 Å². The number of carbonyl (C=O) groups is 2. The summed E-state index contributed by atoms with van der Waals surface area (Å²) < 4.78 is 6.54. The molecule has 0 unspecified atom stereocenters. The molecule has 0 radical (unpaired) electrons. The number of hydrogen-bond donors (Lipinski definition) is 1. The second-order valence-electron chi connectivity index (χ2n) is 5.56. The van der Waals surface area contributed by atoms with Crippen LogP contribution in [0.25, 0.3) is 4.96 Å². The highest BCUT2D eigenvalue weighted by atomic mass is 32.1. The zero-order valence-corrected chi connectivity index (χ0v) is 14.7. The molecule has 8 heteroatoms. The van der Waals surface area contributed by atoms with Gasteiger partial charge >= 0.3 is 5.97 Å². The molecule has 7 nitrogen and oxygen atoms in total. The smallest absolute Gasteiger partial charge is 0.307 e. The number of nitrogens with zero attached hydrogens (tertiary/aromatic N) is 2. The fraction of sp³-hybridized carbons (Fsp3) is 0.222. The van der Waals surface area contributed by atoms with Crippen molar-refractivity contribution >= 4 is 28.2 Å². The Morgan fingerprint density at radius 3 is 2.85 bits per heavy atom. The van der Waals surface area contributed by atoms with Gasteiger partial charge < -0.3 is 10.1 Å². The Labute approximate surface area is 153 Å². The molecular weight excluding hydrogens is 354 g/mol. The van der Waals surface area contributed by atoms with Crippen molar-refractivity contribution in [1.29, 1.82) is 0 Å². The second-order valence-corrected chi connectivity index (χ2v) is 6.44. The zero-order valence-electron chi connectivity index (χ0n) is 13.9. The molecule has 0 saturated heterocycles. The number of fused-ring (bicyclic) bond motifs is 1. The van der Waals surface area contributed by atoms with Gasteiger partial charge in [-0.05, 0) is 5.56 Å². The first-order valence-electron chi connectivity index (χ1n) is 8.04. The number of benzene rings is 1. The third-order valence-electron chi connectivity index (χ3n) is 3.60. The van der Waals surface area contributed by atoms with Crippen molar-refractivity contribution in [3.8, 4) is 0 Å². The van der Waals surface area contributed by atoms with E-state index in [0.29, 0.717) is 10.7 Å². The van der Waals surface area contributed by atoms with E-state index in [1.54, 1.807) is 11.6 Å². The van der Waals surface area contributed by atoms with Crippen molar-refractivity contribution in [3.63, 3.8) is 0 Å². The van der Waals surface area contributed by atoms with Crippen LogP contribution in [0.1, 0.15) is 17.7 Å². The summed E-state index contributed by atoms with van der Waals surface area (Å²) in [4.78, 5) is 40.2. The summed E-state index contributed by atoms with van der Waals surface area (Å²) >= 11 is 1.33. The van der Waals surface area contributed by atoms with Crippen LogP contribution in [0.4, 0.5) is 0 Å². The minimum Gasteiger partial charge on any atom is -0.459 e. The van der Waals surface area contributed by atoms with E-state index in [9.17, 15) is 14.4 Å². The van der Waals surface area contributed by atoms with Crippen LogP contribution in [-0.2, 0) is 27.4 Å². The highest BCUT2D eigenvalue weighted by Gasteiger charge is 2.09. The number of amides is 1. The van der Waals surface area contributed by atoms with Gasteiger partial charge in [0.05, 0.1) is 18.5 Å². The van der Waals surface area contributed by atoms with Gasteiger partial charge in [0.15, 0.2) is 4.96 Å². The van der Waals surface area contributed by atoms with Gasteiger partial charge in [-0.25, -0.2) is 4.98 Å². The number of carbonyl (C=O) groups excluding carboxylic acids is 2. The Morgan fingerprint density at radius 1 is 1.23 bits per heavy atom. The van der Waals surface area contributed by atoms with Crippen LogP contribution < -0.4 is 10.9 Å². The van der Waals surface area contributed by atoms with Crippen molar-refractivity contribution in [3.05, 3.63) is 69.6 Å². The van der Waals surface area contributed by atoms with E-state index in [4.69, 9.17) is 4.74 Å². The number of aromatic nitrogens is 2. The SMILES string of the molecule is O=C(Cc1ccccc1)NCCC(=O)OCc1cc(=O)n2ccsc2n1. The third-order valence-corrected chi connectivity index (χ3v) is 4.35. The largest absolute Gasteiger partial charge is 0.459 e. The van der Waals surface area contributed by atoms with Crippen molar-refractivity contribution < 1.29 is 14.3 Å². The topological polar surface area (TPSA) is 89.8 Å². The van der Waals surface area contributed by atoms with Gasteiger partial charge in [0.2, 0.25) is 5.91 Å². The summed E-state index contributed by atoms with van der Waals surface area (Å²) in [6, 6.07) is 10.7. The van der Waals surface area contributed by atoms with Crippen LogP contribution in [0.3, 0.4) is 0 Å². The predicted molar refractivity (Wildman–Crippen MR) is 96.9 cm³/mol. The Kier molecular flexibility index (Phi) is 5.75. The van der Waals surface area contributed by atoms with Crippen molar-refractivity contribution in [2.45, 2.75) is 19.4 Å². The van der Waals surface area contributed by atoms with Crippen molar-refractivity contribution in [2.24, 2.45) is 0 Å². The number of thiazole rings is 1. The van der Waals surface area contributed by atoms with Crippen molar-refractivity contribution in [2.75, 3.05) is 6.54 Å². The van der Waals surface area contributed by atoms with E-state index in [2.05, 4.69) is 10.3 Å². The number of esters is 1. The molecule has 0 aliphatic carbocycles. The summed E-state index contributed by atoms with van der Waals surface area (Å²) in [5.74, 6) is -0.611. The number of ether oxygens (including phenoxy) is 1. The third kappa shape index (κ3) is 4.76. The normalized spacial score (nSPS) is 10.6. The van der Waals surface area contributed by atoms with Gasteiger partial charge in [-0.2, -0.15) is 0 Å². The van der Waals surface area contributed by atoms with Crippen LogP contribution in [0, 0.1) is 0 Å². The van der Waals surface area contributed by atoms with Gasteiger partial charge in [-0.1, -0.05) is 30.3 Å². The average molecular weight is 371 g/mol. The molecule has 0 aliphatic heterocycles. The van der Waals surface area contributed by atoms with Crippen LogP contribution >= 0.6 is 11.3 Å². The summed E-state index contributed by atoms with van der Waals surface area (Å²) in [7, 11) is 0. The lowest BCUT2D eigenvalue weighted by molar-refractivity contribution is -0.145. The van der Waals surface area contributed by atoms with E-state index < -0.39 is 5.97 Å². The van der Waals surface area contributed by atoms with E-state index >= 15 is 0 Å². The summed E-state index contributed by atoms with van der Waals surface area (Å²) in [5.41, 5.74) is 1.10. The molecule has 0 atom stereocenters. The Hall–Kier alpha value is -3.00. The molecule has 26 heavy (non-hydrogen) atoms. The van der Waals surface area contributed by atoms with E-state index in [1.807, 2.05) is 30.3 Å². The molecule has 2 aromatic heterocycles. The van der Waals surface area contributed by atoms with Crippen molar-refractivity contribution in [1.82, 2.24) is 14.7 Å². The highest BCUT2D eigenvalue weighted by molar-refractivity contribution is 7.15. The fourth-order valence-corrected chi connectivity index (χ4v) is 3.07. The van der Waals surface area contributed by atoms with Gasteiger partial charge in [-0.15, -0.1) is 11.3 Å². The minimum atomic E-state index is -0.460. The van der Waals surface area contributed by atoms with E-state index in [1.165, 1.54) is 21.8 Å². The van der Waals surface area contributed by atoms with Crippen LogP contribution in [-0.4, -0.2) is 27.8 Å².